The van der Waals surface area contributed by atoms with Crippen molar-refractivity contribution in [1.29, 1.82) is 0 Å². The smallest absolute Gasteiger partial charge is 0.234 e. The zero-order valence-electron chi connectivity index (χ0n) is 14.7. The fraction of sp³-hybridized carbons (Fsp3) is 0.250. The second-order valence-electron chi connectivity index (χ2n) is 6.78. The van der Waals surface area contributed by atoms with Crippen molar-refractivity contribution < 1.29 is 13.9 Å². The molecule has 1 fully saturated rings. The average molecular weight is 430 g/mol. The molecule has 3 aromatic rings. The number of ether oxygens (including phenoxy) is 1. The predicted molar refractivity (Wildman–Crippen MR) is 103 cm³/mol. The van der Waals surface area contributed by atoms with Gasteiger partial charge in [0.05, 0.1) is 18.1 Å². The molecule has 2 atom stereocenters. The third-order valence-electron chi connectivity index (χ3n) is 4.67. The minimum atomic E-state index is -0.522. The summed E-state index contributed by atoms with van der Waals surface area (Å²) in [5.41, 5.74) is 1.47. The molecule has 1 aliphatic rings. The van der Waals surface area contributed by atoms with Gasteiger partial charge in [-0.15, -0.1) is 0 Å². The van der Waals surface area contributed by atoms with Gasteiger partial charge in [0, 0.05) is 15.8 Å². The molecule has 0 bridgehead atoms. The molecule has 7 heteroatoms. The van der Waals surface area contributed by atoms with E-state index in [2.05, 4.69) is 39.4 Å². The molecule has 27 heavy (non-hydrogen) atoms. The standard InChI is InChI=1S/C20H17BrFN3O2/c1-3-8-27-14-6-4-12(5-7-14)18(26)17-16(15-9-20(15,2)21)24-19-23-10-13(22)11-25(17)19/h3-7,10-11,15H,1,8-9H2,2H3. The van der Waals surface area contributed by atoms with Gasteiger partial charge in [-0.1, -0.05) is 28.6 Å². The van der Waals surface area contributed by atoms with Crippen molar-refractivity contribution in [1.82, 2.24) is 14.4 Å². The maximum absolute atomic E-state index is 13.8. The molecule has 5 nitrogen and oxygen atoms in total. The maximum Gasteiger partial charge on any atom is 0.234 e. The summed E-state index contributed by atoms with van der Waals surface area (Å²) in [5.74, 6) is 0.293. The van der Waals surface area contributed by atoms with Gasteiger partial charge in [-0.25, -0.2) is 14.4 Å². The molecule has 138 valence electrons. The van der Waals surface area contributed by atoms with Crippen molar-refractivity contribution in [3.05, 3.63) is 72.1 Å². The molecule has 0 spiro atoms. The SMILES string of the molecule is C=CCOc1ccc(C(=O)c2c(C3CC3(C)Br)nc3ncc(F)cn23)cc1. The Kier molecular flexibility index (Phi) is 4.34. The molecule has 2 unspecified atom stereocenters. The zero-order chi connectivity index (χ0) is 19.2. The van der Waals surface area contributed by atoms with Crippen LogP contribution in [0.1, 0.15) is 41.0 Å². The lowest BCUT2D eigenvalue weighted by molar-refractivity contribution is 0.103. The number of halogens is 2. The quantitative estimate of drug-likeness (QED) is 0.332. The fourth-order valence-corrected chi connectivity index (χ4v) is 3.65. The third kappa shape index (κ3) is 3.27. The minimum absolute atomic E-state index is 0.0800. The first-order valence-corrected chi connectivity index (χ1v) is 9.31. The van der Waals surface area contributed by atoms with E-state index >= 15 is 0 Å². The lowest BCUT2D eigenvalue weighted by Crippen LogP contribution is -2.10. The summed E-state index contributed by atoms with van der Waals surface area (Å²) >= 11 is 3.65. The molecule has 0 aliphatic heterocycles. The van der Waals surface area contributed by atoms with Crippen molar-refractivity contribution in [2.75, 3.05) is 6.61 Å². The number of fused-ring (bicyclic) bond motifs is 1. The van der Waals surface area contributed by atoms with Crippen molar-refractivity contribution >= 4 is 27.5 Å². The van der Waals surface area contributed by atoms with Crippen LogP contribution in [0.4, 0.5) is 4.39 Å². The van der Waals surface area contributed by atoms with Crippen LogP contribution in [0.3, 0.4) is 0 Å². The van der Waals surface area contributed by atoms with E-state index in [9.17, 15) is 9.18 Å². The summed E-state index contributed by atoms with van der Waals surface area (Å²) in [7, 11) is 0. The number of benzene rings is 1. The molecular weight excluding hydrogens is 413 g/mol. The number of ketones is 1. The third-order valence-corrected chi connectivity index (χ3v) is 5.55. The molecule has 4 rings (SSSR count). The van der Waals surface area contributed by atoms with Crippen LogP contribution in [-0.2, 0) is 0 Å². The Morgan fingerprint density at radius 3 is 2.81 bits per heavy atom. The number of alkyl halides is 1. The van der Waals surface area contributed by atoms with E-state index in [1.807, 2.05) is 0 Å². The number of hydrogen-bond acceptors (Lipinski definition) is 4. The maximum atomic E-state index is 13.8. The summed E-state index contributed by atoms with van der Waals surface area (Å²) in [6, 6.07) is 6.84. The first-order valence-electron chi connectivity index (χ1n) is 8.51. The topological polar surface area (TPSA) is 56.5 Å². The van der Waals surface area contributed by atoms with Crippen LogP contribution in [0.25, 0.3) is 5.78 Å². The van der Waals surface area contributed by atoms with Gasteiger partial charge in [-0.2, -0.15) is 0 Å². The number of hydrogen-bond donors (Lipinski definition) is 0. The van der Waals surface area contributed by atoms with Crippen LogP contribution in [0.2, 0.25) is 0 Å². The predicted octanol–water partition coefficient (Wildman–Crippen LogP) is 4.31. The van der Waals surface area contributed by atoms with Crippen molar-refractivity contribution in [2.45, 2.75) is 23.6 Å². The molecule has 0 saturated heterocycles. The fourth-order valence-electron chi connectivity index (χ4n) is 3.11. The van der Waals surface area contributed by atoms with Gasteiger partial charge in [0.25, 0.3) is 0 Å². The molecule has 0 N–H and O–H groups in total. The van der Waals surface area contributed by atoms with Crippen LogP contribution in [0, 0.1) is 5.82 Å². The average Bonchev–Trinajstić information content (AvgIpc) is 3.13. The van der Waals surface area contributed by atoms with E-state index in [-0.39, 0.29) is 16.0 Å². The first kappa shape index (κ1) is 17.9. The summed E-state index contributed by atoms with van der Waals surface area (Å²) < 4.78 is 20.6. The summed E-state index contributed by atoms with van der Waals surface area (Å²) in [6.45, 7) is 6.05. The second-order valence-corrected chi connectivity index (χ2v) is 8.59. The Labute approximate surface area is 164 Å². The van der Waals surface area contributed by atoms with E-state index in [1.54, 1.807) is 30.3 Å². The van der Waals surface area contributed by atoms with Crippen LogP contribution in [-0.4, -0.2) is 31.1 Å². The van der Waals surface area contributed by atoms with Gasteiger partial charge in [0.2, 0.25) is 11.6 Å². The van der Waals surface area contributed by atoms with Crippen molar-refractivity contribution in [3.63, 3.8) is 0 Å². The second kappa shape index (κ2) is 6.56. The van der Waals surface area contributed by atoms with E-state index in [1.165, 1.54) is 10.6 Å². The van der Waals surface area contributed by atoms with Gasteiger partial charge < -0.3 is 4.74 Å². The van der Waals surface area contributed by atoms with E-state index in [0.717, 1.165) is 12.6 Å². The largest absolute Gasteiger partial charge is 0.490 e. The molecule has 0 amide bonds. The number of nitrogens with zero attached hydrogens (tertiary/aromatic N) is 3. The van der Waals surface area contributed by atoms with Gasteiger partial charge in [-0.3, -0.25) is 9.20 Å². The minimum Gasteiger partial charge on any atom is -0.490 e. The normalized spacial score (nSPS) is 21.2. The number of carbonyl (C=O) groups is 1. The summed E-state index contributed by atoms with van der Waals surface area (Å²) in [6.07, 6.45) is 4.86. The molecule has 1 aliphatic carbocycles. The number of aromatic nitrogens is 3. The van der Waals surface area contributed by atoms with Crippen LogP contribution in [0.5, 0.6) is 5.75 Å². The highest BCUT2D eigenvalue weighted by Crippen LogP contribution is 2.57. The molecule has 1 saturated carbocycles. The van der Waals surface area contributed by atoms with E-state index < -0.39 is 5.82 Å². The van der Waals surface area contributed by atoms with E-state index in [0.29, 0.717) is 35.1 Å². The highest BCUT2D eigenvalue weighted by Gasteiger charge is 2.52. The highest BCUT2D eigenvalue weighted by atomic mass is 79.9. The zero-order valence-corrected chi connectivity index (χ0v) is 16.2. The Bertz CT molecular complexity index is 1040. The highest BCUT2D eigenvalue weighted by molar-refractivity contribution is 9.10. The Balaban J connectivity index is 1.77. The number of rotatable bonds is 6. The van der Waals surface area contributed by atoms with E-state index in [4.69, 9.17) is 4.74 Å². The van der Waals surface area contributed by atoms with Gasteiger partial charge in [0.1, 0.15) is 18.1 Å². The number of imidazole rings is 1. The Morgan fingerprint density at radius 2 is 2.19 bits per heavy atom. The van der Waals surface area contributed by atoms with Crippen molar-refractivity contribution in [3.8, 4) is 5.75 Å². The van der Waals surface area contributed by atoms with Gasteiger partial charge in [-0.05, 0) is 37.6 Å². The summed E-state index contributed by atoms with van der Waals surface area (Å²) in [4.78, 5) is 21.8. The van der Waals surface area contributed by atoms with Crippen molar-refractivity contribution in [2.24, 2.45) is 0 Å². The van der Waals surface area contributed by atoms with Gasteiger partial charge >= 0.3 is 0 Å². The monoisotopic (exact) mass is 429 g/mol. The molecule has 2 heterocycles. The van der Waals surface area contributed by atoms with Crippen LogP contribution in [0.15, 0.2) is 49.3 Å². The Hall–Kier alpha value is -2.54. The Morgan fingerprint density at radius 1 is 1.48 bits per heavy atom. The number of carbonyl (C=O) groups excluding carboxylic acids is 1. The molecule has 1 aromatic carbocycles. The van der Waals surface area contributed by atoms with Crippen LogP contribution >= 0.6 is 15.9 Å². The van der Waals surface area contributed by atoms with Gasteiger partial charge in [0.15, 0.2) is 5.82 Å². The molecule has 2 aromatic heterocycles. The first-order chi connectivity index (χ1) is 12.9. The lowest BCUT2D eigenvalue weighted by Gasteiger charge is -2.07. The molecule has 0 radical (unpaired) electrons. The molecular formula is C20H17BrFN3O2. The summed E-state index contributed by atoms with van der Waals surface area (Å²) in [5, 5.41) is 0. The van der Waals surface area contributed by atoms with Crippen LogP contribution < -0.4 is 4.74 Å². The lowest BCUT2D eigenvalue weighted by atomic mass is 10.0.